The fourth-order valence-corrected chi connectivity index (χ4v) is 2.18. The second-order valence-corrected chi connectivity index (χ2v) is 5.28. The molecule has 0 saturated carbocycles. The molecule has 126 valence electrons. The summed E-state index contributed by atoms with van der Waals surface area (Å²) in [6, 6.07) is 13.2. The van der Waals surface area contributed by atoms with E-state index in [2.05, 4.69) is 5.32 Å². The highest BCUT2D eigenvalue weighted by molar-refractivity contribution is 5.95. The van der Waals surface area contributed by atoms with Crippen LogP contribution in [0, 0.1) is 5.82 Å². The number of ketones is 1. The molecular formula is C19H20FNO3. The number of carbonyl (C=O) groups is 2. The number of nitrogens with one attached hydrogen (secondary N) is 1. The third-order valence-electron chi connectivity index (χ3n) is 3.54. The Bertz CT molecular complexity index is 698. The molecule has 0 aromatic heterocycles. The third-order valence-corrected chi connectivity index (χ3v) is 3.54. The second kappa shape index (κ2) is 8.82. The van der Waals surface area contributed by atoms with E-state index in [0.29, 0.717) is 36.3 Å². The van der Waals surface area contributed by atoms with Gasteiger partial charge in [0.1, 0.15) is 11.6 Å². The minimum Gasteiger partial charge on any atom is -0.484 e. The summed E-state index contributed by atoms with van der Waals surface area (Å²) < 4.78 is 18.8. The molecule has 4 nitrogen and oxygen atoms in total. The molecule has 0 atom stereocenters. The number of ether oxygens (including phenoxy) is 1. The monoisotopic (exact) mass is 329 g/mol. The number of benzene rings is 2. The molecule has 0 spiro atoms. The van der Waals surface area contributed by atoms with Crippen LogP contribution >= 0.6 is 0 Å². The van der Waals surface area contributed by atoms with Crippen LogP contribution in [0.3, 0.4) is 0 Å². The molecule has 0 aliphatic heterocycles. The molecule has 1 N–H and O–H groups in total. The first-order chi connectivity index (χ1) is 11.6. The number of amides is 1. The highest BCUT2D eigenvalue weighted by Crippen LogP contribution is 2.13. The molecule has 0 aliphatic carbocycles. The van der Waals surface area contributed by atoms with Gasteiger partial charge in [-0.05, 0) is 42.3 Å². The number of carbonyl (C=O) groups excluding carboxylic acids is 2. The van der Waals surface area contributed by atoms with Gasteiger partial charge in [0.25, 0.3) is 5.91 Å². The van der Waals surface area contributed by atoms with Crippen molar-refractivity contribution in [3.05, 3.63) is 65.5 Å². The van der Waals surface area contributed by atoms with E-state index < -0.39 is 0 Å². The van der Waals surface area contributed by atoms with Crippen LogP contribution in [0.5, 0.6) is 5.75 Å². The van der Waals surface area contributed by atoms with Crippen molar-refractivity contribution in [2.24, 2.45) is 0 Å². The molecule has 0 unspecified atom stereocenters. The molecule has 0 heterocycles. The Morgan fingerprint density at radius 1 is 1.08 bits per heavy atom. The predicted octanol–water partition coefficient (Wildman–Crippen LogP) is 3.16. The van der Waals surface area contributed by atoms with Gasteiger partial charge < -0.3 is 10.1 Å². The summed E-state index contributed by atoms with van der Waals surface area (Å²) in [6.07, 6.45) is 0.872. The summed E-state index contributed by atoms with van der Waals surface area (Å²) in [4.78, 5) is 23.2. The van der Waals surface area contributed by atoms with Crippen molar-refractivity contribution < 1.29 is 18.7 Å². The maximum Gasteiger partial charge on any atom is 0.257 e. The van der Waals surface area contributed by atoms with Crippen molar-refractivity contribution in [3.63, 3.8) is 0 Å². The zero-order chi connectivity index (χ0) is 17.4. The molecule has 0 fully saturated rings. The molecule has 1 amide bonds. The first-order valence-electron chi connectivity index (χ1n) is 7.86. The Labute approximate surface area is 140 Å². The lowest BCUT2D eigenvalue weighted by Gasteiger charge is -2.08. The molecule has 2 aromatic carbocycles. The number of hydrogen-bond donors (Lipinski definition) is 1. The van der Waals surface area contributed by atoms with Crippen molar-refractivity contribution in [2.45, 2.75) is 19.8 Å². The van der Waals surface area contributed by atoms with Gasteiger partial charge in [-0.1, -0.05) is 25.1 Å². The van der Waals surface area contributed by atoms with E-state index in [9.17, 15) is 14.0 Å². The second-order valence-electron chi connectivity index (χ2n) is 5.28. The van der Waals surface area contributed by atoms with Gasteiger partial charge in [0.2, 0.25) is 0 Å². The maximum absolute atomic E-state index is 13.4. The Morgan fingerprint density at radius 3 is 2.46 bits per heavy atom. The zero-order valence-corrected chi connectivity index (χ0v) is 13.5. The van der Waals surface area contributed by atoms with Crippen LogP contribution < -0.4 is 10.1 Å². The van der Waals surface area contributed by atoms with Gasteiger partial charge in [-0.15, -0.1) is 0 Å². The van der Waals surface area contributed by atoms with E-state index in [-0.39, 0.29) is 24.1 Å². The summed E-state index contributed by atoms with van der Waals surface area (Å²) >= 11 is 0. The van der Waals surface area contributed by atoms with Crippen LogP contribution in [0.25, 0.3) is 0 Å². The van der Waals surface area contributed by atoms with E-state index in [1.54, 1.807) is 49.4 Å². The van der Waals surface area contributed by atoms with Crippen molar-refractivity contribution in [1.82, 2.24) is 5.32 Å². The Balaban J connectivity index is 1.73. The molecule has 0 bridgehead atoms. The summed E-state index contributed by atoms with van der Waals surface area (Å²) in [5.41, 5.74) is 1.19. The predicted molar refractivity (Wildman–Crippen MR) is 89.7 cm³/mol. The van der Waals surface area contributed by atoms with Crippen LogP contribution in [0.4, 0.5) is 4.39 Å². The van der Waals surface area contributed by atoms with Crippen LogP contribution in [-0.2, 0) is 11.2 Å². The lowest BCUT2D eigenvalue weighted by Crippen LogP contribution is -2.30. The summed E-state index contributed by atoms with van der Waals surface area (Å²) in [7, 11) is 0. The van der Waals surface area contributed by atoms with Crippen molar-refractivity contribution in [1.29, 1.82) is 0 Å². The van der Waals surface area contributed by atoms with E-state index >= 15 is 0 Å². The van der Waals surface area contributed by atoms with Gasteiger partial charge in [0.05, 0.1) is 0 Å². The van der Waals surface area contributed by atoms with Crippen molar-refractivity contribution in [2.75, 3.05) is 13.2 Å². The standard InChI is InChI=1S/C19H20FNO3/c1-2-18(22)15-7-9-16(10-8-15)24-13-19(23)21-12-11-14-5-3-4-6-17(14)20/h3-10H,2,11-13H2,1H3,(H,21,23). The summed E-state index contributed by atoms with van der Waals surface area (Å²) in [5.74, 6) is 0.0316. The number of Topliss-reactive ketones (excluding diaryl/α,β-unsaturated/α-hetero) is 1. The Kier molecular flexibility index (Phi) is 6.49. The normalized spacial score (nSPS) is 10.2. The average molecular weight is 329 g/mol. The topological polar surface area (TPSA) is 55.4 Å². The first-order valence-corrected chi connectivity index (χ1v) is 7.86. The quantitative estimate of drug-likeness (QED) is 0.757. The molecule has 2 rings (SSSR count). The molecule has 24 heavy (non-hydrogen) atoms. The smallest absolute Gasteiger partial charge is 0.257 e. The van der Waals surface area contributed by atoms with Gasteiger partial charge in [0, 0.05) is 18.5 Å². The summed E-state index contributed by atoms with van der Waals surface area (Å²) in [6.45, 7) is 2.02. The molecule has 2 aromatic rings. The molecule has 0 saturated heterocycles. The first kappa shape index (κ1) is 17.7. The SMILES string of the molecule is CCC(=O)c1ccc(OCC(=O)NCCc2ccccc2F)cc1. The fourth-order valence-electron chi connectivity index (χ4n) is 2.18. The number of halogens is 1. The Morgan fingerprint density at radius 2 is 1.79 bits per heavy atom. The molecule has 5 heteroatoms. The van der Waals surface area contributed by atoms with Gasteiger partial charge in [-0.3, -0.25) is 9.59 Å². The van der Waals surface area contributed by atoms with Crippen LogP contribution in [0.2, 0.25) is 0 Å². The van der Waals surface area contributed by atoms with Gasteiger partial charge >= 0.3 is 0 Å². The minimum absolute atomic E-state index is 0.0624. The minimum atomic E-state index is -0.278. The molecule has 0 radical (unpaired) electrons. The van der Waals surface area contributed by atoms with E-state index in [1.807, 2.05) is 0 Å². The van der Waals surface area contributed by atoms with Gasteiger partial charge in [-0.2, -0.15) is 0 Å². The summed E-state index contributed by atoms with van der Waals surface area (Å²) in [5, 5.41) is 2.68. The fraction of sp³-hybridized carbons (Fsp3) is 0.263. The molecule has 0 aliphatic rings. The maximum atomic E-state index is 13.4. The largest absolute Gasteiger partial charge is 0.484 e. The van der Waals surface area contributed by atoms with Crippen LogP contribution in [0.1, 0.15) is 29.3 Å². The van der Waals surface area contributed by atoms with E-state index in [4.69, 9.17) is 4.74 Å². The lowest BCUT2D eigenvalue weighted by molar-refractivity contribution is -0.123. The van der Waals surface area contributed by atoms with Gasteiger partial charge in [-0.25, -0.2) is 4.39 Å². The third kappa shape index (κ3) is 5.19. The van der Waals surface area contributed by atoms with E-state index in [0.717, 1.165) is 0 Å². The highest BCUT2D eigenvalue weighted by atomic mass is 19.1. The number of hydrogen-bond acceptors (Lipinski definition) is 3. The Hall–Kier alpha value is -2.69. The average Bonchev–Trinajstić information content (AvgIpc) is 2.61. The van der Waals surface area contributed by atoms with Crippen LogP contribution in [0.15, 0.2) is 48.5 Å². The zero-order valence-electron chi connectivity index (χ0n) is 13.5. The van der Waals surface area contributed by atoms with E-state index in [1.165, 1.54) is 6.07 Å². The van der Waals surface area contributed by atoms with Gasteiger partial charge in [0.15, 0.2) is 12.4 Å². The van der Waals surface area contributed by atoms with Crippen LogP contribution in [-0.4, -0.2) is 24.8 Å². The molecular weight excluding hydrogens is 309 g/mol. The van der Waals surface area contributed by atoms with Crippen molar-refractivity contribution >= 4 is 11.7 Å². The van der Waals surface area contributed by atoms with Crippen molar-refractivity contribution in [3.8, 4) is 5.75 Å². The highest BCUT2D eigenvalue weighted by Gasteiger charge is 2.06. The number of rotatable bonds is 8. The lowest BCUT2D eigenvalue weighted by atomic mass is 10.1.